The zero-order valence-electron chi connectivity index (χ0n) is 13.8. The van der Waals surface area contributed by atoms with Gasteiger partial charge in [-0.2, -0.15) is 0 Å². The van der Waals surface area contributed by atoms with Crippen LogP contribution in [0.3, 0.4) is 0 Å². The number of benzene rings is 1. The molecule has 0 heterocycles. The average Bonchev–Trinajstić information content (AvgIpc) is 3.09. The second-order valence-electron chi connectivity index (χ2n) is 7.09. The Morgan fingerprint density at radius 2 is 1.83 bits per heavy atom. The van der Waals surface area contributed by atoms with Crippen molar-refractivity contribution in [3.63, 3.8) is 0 Å². The van der Waals surface area contributed by atoms with Crippen LogP contribution >= 0.6 is 0 Å². The van der Waals surface area contributed by atoms with Gasteiger partial charge in [-0.3, -0.25) is 9.59 Å². The van der Waals surface area contributed by atoms with Gasteiger partial charge < -0.3 is 16.0 Å². The summed E-state index contributed by atoms with van der Waals surface area (Å²) in [6, 6.07) is 7.49. The monoisotopic (exact) mass is 315 g/mol. The lowest BCUT2D eigenvalue weighted by molar-refractivity contribution is -0.128. The highest BCUT2D eigenvalue weighted by atomic mass is 16.2. The second kappa shape index (κ2) is 6.32. The Morgan fingerprint density at radius 1 is 1.17 bits per heavy atom. The molecule has 1 aromatic carbocycles. The Hall–Kier alpha value is -1.88. The van der Waals surface area contributed by atoms with Crippen molar-refractivity contribution in [1.29, 1.82) is 0 Å². The fourth-order valence-electron chi connectivity index (χ4n) is 3.99. The Labute approximate surface area is 137 Å². The van der Waals surface area contributed by atoms with E-state index in [1.54, 1.807) is 19.0 Å². The van der Waals surface area contributed by atoms with E-state index in [-0.39, 0.29) is 23.8 Å². The molecule has 2 amide bonds. The number of fused-ring (bicyclic) bond motifs is 2. The molecule has 23 heavy (non-hydrogen) atoms. The maximum atomic E-state index is 12.5. The van der Waals surface area contributed by atoms with Gasteiger partial charge in [0.1, 0.15) is 0 Å². The van der Waals surface area contributed by atoms with Gasteiger partial charge in [0.15, 0.2) is 0 Å². The van der Waals surface area contributed by atoms with Crippen molar-refractivity contribution in [2.75, 3.05) is 19.4 Å². The Morgan fingerprint density at radius 3 is 2.39 bits per heavy atom. The molecule has 2 aliphatic rings. The van der Waals surface area contributed by atoms with Crippen molar-refractivity contribution >= 4 is 17.5 Å². The number of hydrogen-bond donors (Lipinski definition) is 2. The van der Waals surface area contributed by atoms with Crippen molar-refractivity contribution in [3.05, 3.63) is 29.8 Å². The lowest BCUT2D eigenvalue weighted by Crippen LogP contribution is -2.42. The normalized spacial score (nSPS) is 28.7. The molecule has 3 N–H and O–H groups in total. The summed E-state index contributed by atoms with van der Waals surface area (Å²) in [6.07, 6.45) is 3.77. The molecule has 1 aromatic rings. The summed E-state index contributed by atoms with van der Waals surface area (Å²) in [5.74, 6) is 1.03. The largest absolute Gasteiger partial charge is 0.349 e. The number of carbonyl (C=O) groups is 2. The van der Waals surface area contributed by atoms with E-state index in [0.29, 0.717) is 18.3 Å². The Bertz CT molecular complexity index is 595. The van der Waals surface area contributed by atoms with E-state index >= 15 is 0 Å². The van der Waals surface area contributed by atoms with Gasteiger partial charge in [0.2, 0.25) is 11.8 Å². The second-order valence-corrected chi connectivity index (χ2v) is 7.09. The molecule has 4 unspecified atom stereocenters. The van der Waals surface area contributed by atoms with Gasteiger partial charge in [0, 0.05) is 25.8 Å². The minimum absolute atomic E-state index is 0.00531. The van der Waals surface area contributed by atoms with Gasteiger partial charge >= 0.3 is 0 Å². The van der Waals surface area contributed by atoms with Gasteiger partial charge in [-0.1, -0.05) is 12.1 Å². The Balaban J connectivity index is 1.60. The van der Waals surface area contributed by atoms with Crippen LogP contribution in [0.1, 0.15) is 24.8 Å². The van der Waals surface area contributed by atoms with Crippen LogP contribution in [0.25, 0.3) is 0 Å². The number of nitrogens with two attached hydrogens (primary N) is 1. The number of nitrogens with zero attached hydrogens (tertiary/aromatic N) is 1. The lowest BCUT2D eigenvalue weighted by Gasteiger charge is -2.27. The van der Waals surface area contributed by atoms with E-state index < -0.39 is 0 Å². The number of anilines is 1. The van der Waals surface area contributed by atoms with Gasteiger partial charge in [-0.15, -0.1) is 0 Å². The third kappa shape index (κ3) is 3.24. The summed E-state index contributed by atoms with van der Waals surface area (Å²) in [5.41, 5.74) is 7.94. The SMILES string of the molecule is CN(C)C(=O)Cc1ccc(NC(=O)C2C3CCC(C3)C2N)cc1. The van der Waals surface area contributed by atoms with E-state index in [1.165, 1.54) is 6.42 Å². The molecule has 0 aromatic heterocycles. The minimum Gasteiger partial charge on any atom is -0.349 e. The Kier molecular flexibility index (Phi) is 4.39. The zero-order chi connectivity index (χ0) is 16.6. The van der Waals surface area contributed by atoms with Crippen LogP contribution in [0, 0.1) is 17.8 Å². The maximum Gasteiger partial charge on any atom is 0.229 e. The highest BCUT2D eigenvalue weighted by molar-refractivity contribution is 5.93. The van der Waals surface area contributed by atoms with E-state index in [4.69, 9.17) is 5.73 Å². The van der Waals surface area contributed by atoms with Crippen LogP contribution in [0.5, 0.6) is 0 Å². The summed E-state index contributed by atoms with van der Waals surface area (Å²) in [7, 11) is 3.49. The molecule has 0 aliphatic heterocycles. The smallest absolute Gasteiger partial charge is 0.229 e. The summed E-state index contributed by atoms with van der Waals surface area (Å²) < 4.78 is 0. The van der Waals surface area contributed by atoms with E-state index in [9.17, 15) is 9.59 Å². The average molecular weight is 315 g/mol. The molecule has 2 saturated carbocycles. The van der Waals surface area contributed by atoms with Crippen LogP contribution in [-0.4, -0.2) is 36.9 Å². The highest BCUT2D eigenvalue weighted by Crippen LogP contribution is 2.47. The molecule has 2 bridgehead atoms. The summed E-state index contributed by atoms with van der Waals surface area (Å²) in [5, 5.41) is 2.99. The molecule has 0 saturated heterocycles. The van der Waals surface area contributed by atoms with Crippen molar-refractivity contribution in [3.8, 4) is 0 Å². The lowest BCUT2D eigenvalue weighted by atomic mass is 9.84. The first-order valence-corrected chi connectivity index (χ1v) is 8.31. The van der Waals surface area contributed by atoms with Crippen molar-refractivity contribution < 1.29 is 9.59 Å². The third-order valence-electron chi connectivity index (χ3n) is 5.36. The fraction of sp³-hybridized carbons (Fsp3) is 0.556. The molecular weight excluding hydrogens is 290 g/mol. The molecule has 0 radical (unpaired) electrons. The van der Waals surface area contributed by atoms with E-state index in [1.807, 2.05) is 24.3 Å². The molecule has 2 fully saturated rings. The molecule has 4 atom stereocenters. The first kappa shape index (κ1) is 16.0. The van der Waals surface area contributed by atoms with Gasteiger partial charge in [0.05, 0.1) is 12.3 Å². The van der Waals surface area contributed by atoms with Gasteiger partial charge in [-0.05, 0) is 48.8 Å². The number of amides is 2. The minimum atomic E-state index is -0.0521. The predicted molar refractivity (Wildman–Crippen MR) is 89.8 cm³/mol. The molecular formula is C18H25N3O2. The van der Waals surface area contributed by atoms with E-state index in [2.05, 4.69) is 5.32 Å². The summed E-state index contributed by atoms with van der Waals surface area (Å²) in [4.78, 5) is 25.8. The zero-order valence-corrected chi connectivity index (χ0v) is 13.8. The number of hydrogen-bond acceptors (Lipinski definition) is 3. The summed E-state index contributed by atoms with van der Waals surface area (Å²) in [6.45, 7) is 0. The molecule has 0 spiro atoms. The van der Waals surface area contributed by atoms with Crippen molar-refractivity contribution in [2.45, 2.75) is 31.7 Å². The predicted octanol–water partition coefficient (Wildman–Crippen LogP) is 1.63. The van der Waals surface area contributed by atoms with Crippen LogP contribution in [0.4, 0.5) is 5.69 Å². The van der Waals surface area contributed by atoms with E-state index in [0.717, 1.165) is 24.1 Å². The molecule has 3 rings (SSSR count). The van der Waals surface area contributed by atoms with Crippen molar-refractivity contribution in [1.82, 2.24) is 4.90 Å². The van der Waals surface area contributed by atoms with Crippen LogP contribution in [0.15, 0.2) is 24.3 Å². The first-order valence-electron chi connectivity index (χ1n) is 8.31. The third-order valence-corrected chi connectivity index (χ3v) is 5.36. The molecule has 124 valence electrons. The number of carbonyl (C=O) groups excluding carboxylic acids is 2. The highest BCUT2D eigenvalue weighted by Gasteiger charge is 2.49. The van der Waals surface area contributed by atoms with Crippen LogP contribution in [0.2, 0.25) is 0 Å². The quantitative estimate of drug-likeness (QED) is 0.887. The standard InChI is InChI=1S/C18H25N3O2/c1-21(2)15(22)9-11-3-7-14(8-4-11)20-18(23)16-12-5-6-13(10-12)17(16)19/h3-4,7-8,12-13,16-17H,5-6,9-10,19H2,1-2H3,(H,20,23). The number of likely N-dealkylation sites (N-methyl/N-ethyl adjacent to an activating group) is 1. The van der Waals surface area contributed by atoms with Gasteiger partial charge in [0.25, 0.3) is 0 Å². The number of rotatable bonds is 4. The fourth-order valence-corrected chi connectivity index (χ4v) is 3.99. The summed E-state index contributed by atoms with van der Waals surface area (Å²) >= 11 is 0. The van der Waals surface area contributed by atoms with Crippen molar-refractivity contribution in [2.24, 2.45) is 23.5 Å². The number of nitrogens with one attached hydrogen (secondary N) is 1. The maximum absolute atomic E-state index is 12.5. The molecule has 5 heteroatoms. The molecule has 2 aliphatic carbocycles. The van der Waals surface area contributed by atoms with Crippen LogP contribution in [-0.2, 0) is 16.0 Å². The topological polar surface area (TPSA) is 75.4 Å². The van der Waals surface area contributed by atoms with Gasteiger partial charge in [-0.25, -0.2) is 0 Å². The molecule has 5 nitrogen and oxygen atoms in total. The first-order chi connectivity index (χ1) is 11.0. The van der Waals surface area contributed by atoms with Crippen LogP contribution < -0.4 is 11.1 Å².